The smallest absolute Gasteiger partial charge is 0.319 e. The molecule has 36 heavy (non-hydrogen) atoms. The van der Waals surface area contributed by atoms with Crippen LogP contribution < -0.4 is 10.6 Å². The summed E-state index contributed by atoms with van der Waals surface area (Å²) in [5.41, 5.74) is 4.91. The molecule has 1 atom stereocenters. The summed E-state index contributed by atoms with van der Waals surface area (Å²) in [5, 5.41) is 15.8. The molecule has 0 radical (unpaired) electrons. The Morgan fingerprint density at radius 2 is 1.58 bits per heavy atom. The molecule has 0 fully saturated rings. The first kappa shape index (κ1) is 24.9. The Kier molecular flexibility index (Phi) is 7.61. The van der Waals surface area contributed by atoms with Crippen molar-refractivity contribution in [3.8, 4) is 22.4 Å². The third-order valence-corrected chi connectivity index (χ3v) is 5.94. The van der Waals surface area contributed by atoms with Gasteiger partial charge in [0.2, 0.25) is 0 Å². The maximum absolute atomic E-state index is 13.7. The van der Waals surface area contributed by atoms with E-state index in [4.69, 9.17) is 4.98 Å². The van der Waals surface area contributed by atoms with Gasteiger partial charge < -0.3 is 20.6 Å². The van der Waals surface area contributed by atoms with Gasteiger partial charge in [-0.2, -0.15) is 0 Å². The predicted octanol–water partition coefficient (Wildman–Crippen LogP) is 5.16. The molecule has 0 aliphatic heterocycles. The van der Waals surface area contributed by atoms with E-state index in [1.807, 2.05) is 67.6 Å². The summed E-state index contributed by atoms with van der Waals surface area (Å²) in [6.07, 6.45) is -0.0602. The Balaban J connectivity index is 1.92. The molecule has 3 aromatic carbocycles. The molecule has 1 heterocycles. The molecule has 0 saturated carbocycles. The van der Waals surface area contributed by atoms with Crippen LogP contribution in [0.25, 0.3) is 33.3 Å². The highest BCUT2D eigenvalue weighted by Crippen LogP contribution is 2.38. The monoisotopic (exact) mass is 482 g/mol. The van der Waals surface area contributed by atoms with E-state index < -0.39 is 12.1 Å². The van der Waals surface area contributed by atoms with Crippen molar-refractivity contribution in [2.24, 2.45) is 0 Å². The minimum atomic E-state index is -0.606. The number of carbonyl (C=O) groups is 2. The third-order valence-electron chi connectivity index (χ3n) is 5.94. The summed E-state index contributed by atoms with van der Waals surface area (Å²) in [4.78, 5) is 32.6. The molecule has 7 heteroatoms. The largest absolute Gasteiger partial charge is 0.391 e. The summed E-state index contributed by atoms with van der Waals surface area (Å²) in [6, 6.07) is 24.5. The van der Waals surface area contributed by atoms with Gasteiger partial charge >= 0.3 is 6.03 Å². The second-order valence-corrected chi connectivity index (χ2v) is 8.77. The lowest BCUT2D eigenvalue weighted by molar-refractivity contribution is 0.0830. The van der Waals surface area contributed by atoms with Gasteiger partial charge in [-0.05, 0) is 30.2 Å². The first-order chi connectivity index (χ1) is 17.4. The molecule has 4 rings (SSSR count). The van der Waals surface area contributed by atoms with Gasteiger partial charge in [-0.3, -0.25) is 4.79 Å². The Hall–Kier alpha value is -4.23. The van der Waals surface area contributed by atoms with Crippen LogP contribution in [0.4, 0.5) is 10.5 Å². The number of hydrogen-bond acceptors (Lipinski definition) is 4. The Labute approximate surface area is 210 Å². The van der Waals surface area contributed by atoms with E-state index >= 15 is 0 Å². The van der Waals surface area contributed by atoms with E-state index in [0.29, 0.717) is 34.3 Å². The molecule has 0 aliphatic rings. The fraction of sp³-hybridized carbons (Fsp3) is 0.207. The minimum absolute atomic E-state index is 0.153. The Morgan fingerprint density at radius 3 is 2.19 bits per heavy atom. The number of hydrogen-bond donors (Lipinski definition) is 3. The molecule has 0 bridgehead atoms. The van der Waals surface area contributed by atoms with Gasteiger partial charge in [-0.1, -0.05) is 67.6 Å². The maximum Gasteiger partial charge on any atom is 0.319 e. The number of aliphatic hydroxyl groups is 1. The number of rotatable bonds is 7. The van der Waals surface area contributed by atoms with Crippen LogP contribution in [0.2, 0.25) is 0 Å². The van der Waals surface area contributed by atoms with E-state index in [1.165, 1.54) is 0 Å². The average Bonchev–Trinajstić information content (AvgIpc) is 2.91. The van der Waals surface area contributed by atoms with Gasteiger partial charge in [0.25, 0.3) is 5.91 Å². The molecule has 0 spiro atoms. The molecule has 3 N–H and O–H groups in total. The number of benzene rings is 3. The Morgan fingerprint density at radius 1 is 0.944 bits per heavy atom. The second kappa shape index (κ2) is 11.0. The average molecular weight is 483 g/mol. The van der Waals surface area contributed by atoms with Crippen LogP contribution >= 0.6 is 0 Å². The zero-order chi connectivity index (χ0) is 25.7. The van der Waals surface area contributed by atoms with Crippen molar-refractivity contribution in [1.82, 2.24) is 15.2 Å². The number of fused-ring (bicyclic) bond motifs is 1. The predicted molar refractivity (Wildman–Crippen MR) is 144 cm³/mol. The number of urea groups is 1. The topological polar surface area (TPSA) is 94.6 Å². The fourth-order valence-corrected chi connectivity index (χ4v) is 4.01. The van der Waals surface area contributed by atoms with Gasteiger partial charge in [0.05, 0.1) is 22.9 Å². The summed E-state index contributed by atoms with van der Waals surface area (Å²) in [5.74, 6) is -0.161. The van der Waals surface area contributed by atoms with Crippen LogP contribution in [0.15, 0.2) is 78.9 Å². The maximum atomic E-state index is 13.7. The van der Waals surface area contributed by atoms with Crippen LogP contribution in [-0.4, -0.2) is 53.7 Å². The highest BCUT2D eigenvalue weighted by molar-refractivity contribution is 6.14. The standard InChI is InChI=1S/C29H30N4O3/c1-4-22(34)18-30-29(36)31-21-15-16-24-23(17-21)26(28(35)33(2)3)25(19-11-7-5-8-12-19)27(32-24)20-13-9-6-10-14-20/h5-17,22,34H,4,18H2,1-3H3,(H2,30,31,36). The summed E-state index contributed by atoms with van der Waals surface area (Å²) in [7, 11) is 3.44. The molecule has 3 amide bonds. The number of nitrogens with one attached hydrogen (secondary N) is 2. The van der Waals surface area contributed by atoms with E-state index in [9.17, 15) is 14.7 Å². The number of amides is 3. The van der Waals surface area contributed by atoms with Crippen LogP contribution in [-0.2, 0) is 0 Å². The second-order valence-electron chi connectivity index (χ2n) is 8.77. The minimum Gasteiger partial charge on any atom is -0.391 e. The molecule has 0 saturated heterocycles. The fourth-order valence-electron chi connectivity index (χ4n) is 4.01. The molecule has 4 aromatic rings. The summed E-state index contributed by atoms with van der Waals surface area (Å²) < 4.78 is 0. The first-order valence-electron chi connectivity index (χ1n) is 11.9. The third kappa shape index (κ3) is 5.37. The van der Waals surface area contributed by atoms with Gasteiger partial charge in [-0.15, -0.1) is 0 Å². The van der Waals surface area contributed by atoms with Crippen LogP contribution in [0.1, 0.15) is 23.7 Å². The molecule has 0 aliphatic carbocycles. The lowest BCUT2D eigenvalue weighted by Gasteiger charge is -2.20. The van der Waals surface area contributed by atoms with Crippen molar-refractivity contribution >= 4 is 28.5 Å². The molecule has 1 aromatic heterocycles. The van der Waals surface area contributed by atoms with Crippen LogP contribution in [0, 0.1) is 0 Å². The Bertz CT molecular complexity index is 1370. The van der Waals surface area contributed by atoms with Crippen molar-refractivity contribution in [2.45, 2.75) is 19.4 Å². The zero-order valence-electron chi connectivity index (χ0n) is 20.7. The molecular weight excluding hydrogens is 452 g/mol. The SMILES string of the molecule is CCC(O)CNC(=O)Nc1ccc2nc(-c3ccccc3)c(-c3ccccc3)c(C(=O)N(C)C)c2c1. The first-order valence-corrected chi connectivity index (χ1v) is 11.9. The van der Waals surface area contributed by atoms with Gasteiger partial charge in [0.1, 0.15) is 0 Å². The summed E-state index contributed by atoms with van der Waals surface area (Å²) >= 11 is 0. The highest BCUT2D eigenvalue weighted by Gasteiger charge is 2.24. The van der Waals surface area contributed by atoms with Crippen molar-refractivity contribution in [3.63, 3.8) is 0 Å². The number of anilines is 1. The molecular formula is C29H30N4O3. The zero-order valence-corrected chi connectivity index (χ0v) is 20.7. The van der Waals surface area contributed by atoms with E-state index in [0.717, 1.165) is 16.7 Å². The van der Waals surface area contributed by atoms with Gasteiger partial charge in [0.15, 0.2) is 0 Å². The number of pyridine rings is 1. The van der Waals surface area contributed by atoms with Crippen LogP contribution in [0.5, 0.6) is 0 Å². The van der Waals surface area contributed by atoms with Crippen molar-refractivity contribution in [3.05, 3.63) is 84.4 Å². The number of aliphatic hydroxyl groups excluding tert-OH is 1. The summed E-state index contributed by atoms with van der Waals surface area (Å²) in [6.45, 7) is 2.00. The normalized spacial score (nSPS) is 11.7. The van der Waals surface area contributed by atoms with E-state index in [2.05, 4.69) is 10.6 Å². The lowest BCUT2D eigenvalue weighted by Crippen LogP contribution is -2.35. The molecule has 7 nitrogen and oxygen atoms in total. The highest BCUT2D eigenvalue weighted by atomic mass is 16.3. The molecule has 184 valence electrons. The van der Waals surface area contributed by atoms with Crippen molar-refractivity contribution < 1.29 is 14.7 Å². The van der Waals surface area contributed by atoms with Crippen molar-refractivity contribution in [1.29, 1.82) is 0 Å². The number of carbonyl (C=O) groups excluding carboxylic acids is 2. The lowest BCUT2D eigenvalue weighted by atomic mass is 9.91. The number of aromatic nitrogens is 1. The van der Waals surface area contributed by atoms with E-state index in [1.54, 1.807) is 37.2 Å². The van der Waals surface area contributed by atoms with Gasteiger partial charge in [0, 0.05) is 42.8 Å². The van der Waals surface area contributed by atoms with Crippen LogP contribution in [0.3, 0.4) is 0 Å². The molecule has 1 unspecified atom stereocenters. The van der Waals surface area contributed by atoms with E-state index in [-0.39, 0.29) is 12.5 Å². The number of nitrogens with zero attached hydrogens (tertiary/aromatic N) is 2. The quantitative estimate of drug-likeness (QED) is 0.339. The van der Waals surface area contributed by atoms with Crippen molar-refractivity contribution in [2.75, 3.05) is 26.0 Å². The van der Waals surface area contributed by atoms with Gasteiger partial charge in [-0.25, -0.2) is 9.78 Å².